The van der Waals surface area contributed by atoms with E-state index < -0.39 is 5.97 Å². The Labute approximate surface area is 138 Å². The molecule has 2 aromatic carbocycles. The average Bonchev–Trinajstić information content (AvgIpc) is 2.51. The third-order valence-electron chi connectivity index (χ3n) is 3.24. The molecule has 0 aromatic heterocycles. The van der Waals surface area contributed by atoms with Crippen LogP contribution in [0.15, 0.2) is 47.4 Å². The first-order chi connectivity index (χ1) is 11.0. The number of aromatic carboxylic acids is 1. The molecular weight excluding hydrogens is 312 g/mol. The first-order valence-electron chi connectivity index (χ1n) is 7.08. The highest BCUT2D eigenvalue weighted by atomic mass is 32.2. The first kappa shape index (κ1) is 16.9. The van der Waals surface area contributed by atoms with Gasteiger partial charge in [-0.2, -0.15) is 0 Å². The van der Waals surface area contributed by atoms with Gasteiger partial charge in [0.2, 0.25) is 5.91 Å². The lowest BCUT2D eigenvalue weighted by molar-refractivity contribution is -0.115. The summed E-state index contributed by atoms with van der Waals surface area (Å²) in [6.07, 6.45) is 0.339. The highest BCUT2D eigenvalue weighted by molar-refractivity contribution is 7.99. The second-order valence-corrected chi connectivity index (χ2v) is 6.22. The monoisotopic (exact) mass is 330 g/mol. The third-order valence-corrected chi connectivity index (χ3v) is 4.25. The van der Waals surface area contributed by atoms with Gasteiger partial charge in [-0.05, 0) is 48.9 Å². The van der Waals surface area contributed by atoms with Crippen molar-refractivity contribution in [3.05, 3.63) is 53.6 Å². The van der Waals surface area contributed by atoms with E-state index in [2.05, 4.69) is 5.32 Å². The first-order valence-corrected chi connectivity index (χ1v) is 8.06. The van der Waals surface area contributed by atoms with E-state index in [1.165, 1.54) is 12.1 Å². The van der Waals surface area contributed by atoms with Crippen LogP contribution in [0.4, 0.5) is 11.4 Å². The predicted octanol–water partition coefficient (Wildman–Crippen LogP) is 3.40. The van der Waals surface area contributed by atoms with Gasteiger partial charge in [-0.1, -0.05) is 6.07 Å². The maximum atomic E-state index is 12.0. The van der Waals surface area contributed by atoms with Crippen molar-refractivity contribution in [2.45, 2.75) is 18.2 Å². The molecule has 0 saturated carbocycles. The molecule has 6 heteroatoms. The van der Waals surface area contributed by atoms with Crippen molar-refractivity contribution in [3.63, 3.8) is 0 Å². The zero-order valence-electron chi connectivity index (χ0n) is 12.7. The molecule has 0 saturated heterocycles. The number of nitrogen functional groups attached to an aromatic ring is 1. The van der Waals surface area contributed by atoms with Crippen LogP contribution in [-0.4, -0.2) is 22.7 Å². The van der Waals surface area contributed by atoms with Crippen LogP contribution in [0.5, 0.6) is 0 Å². The van der Waals surface area contributed by atoms with E-state index in [4.69, 9.17) is 10.8 Å². The number of benzene rings is 2. The van der Waals surface area contributed by atoms with Crippen LogP contribution in [0, 0.1) is 6.92 Å². The minimum Gasteiger partial charge on any atom is -0.478 e. The van der Waals surface area contributed by atoms with Gasteiger partial charge in [0.1, 0.15) is 0 Å². The van der Waals surface area contributed by atoms with Crippen LogP contribution in [0.1, 0.15) is 22.3 Å². The SMILES string of the molecule is Cc1ccc(C(=O)O)cc1NC(=O)CCSc1ccc(N)cc1. The van der Waals surface area contributed by atoms with Crippen LogP contribution in [-0.2, 0) is 4.79 Å². The number of nitrogens with one attached hydrogen (secondary N) is 1. The number of hydrogen-bond acceptors (Lipinski definition) is 4. The van der Waals surface area contributed by atoms with Crippen LogP contribution in [0.25, 0.3) is 0 Å². The third kappa shape index (κ3) is 5.03. The van der Waals surface area contributed by atoms with Gasteiger partial charge in [-0.3, -0.25) is 4.79 Å². The van der Waals surface area contributed by atoms with Gasteiger partial charge in [0.05, 0.1) is 5.56 Å². The van der Waals surface area contributed by atoms with Crippen LogP contribution < -0.4 is 11.1 Å². The molecule has 0 heterocycles. The fourth-order valence-corrected chi connectivity index (χ4v) is 2.78. The van der Waals surface area contributed by atoms with Crippen LogP contribution >= 0.6 is 11.8 Å². The van der Waals surface area contributed by atoms with Gasteiger partial charge in [-0.15, -0.1) is 11.8 Å². The predicted molar refractivity (Wildman–Crippen MR) is 93.0 cm³/mol. The van der Waals surface area contributed by atoms with Crippen molar-refractivity contribution in [2.24, 2.45) is 0 Å². The van der Waals surface area contributed by atoms with Crippen molar-refractivity contribution >= 4 is 35.0 Å². The van der Waals surface area contributed by atoms with Crippen molar-refractivity contribution in [3.8, 4) is 0 Å². The highest BCUT2D eigenvalue weighted by Crippen LogP contribution is 2.21. The molecule has 0 aliphatic heterocycles. The minimum atomic E-state index is -1.01. The summed E-state index contributed by atoms with van der Waals surface area (Å²) in [5.41, 5.74) is 7.85. The second kappa shape index (κ2) is 7.69. The Morgan fingerprint density at radius 3 is 2.52 bits per heavy atom. The van der Waals surface area contributed by atoms with Gasteiger partial charge < -0.3 is 16.2 Å². The lowest BCUT2D eigenvalue weighted by Gasteiger charge is -2.09. The average molecular weight is 330 g/mol. The van der Waals surface area contributed by atoms with E-state index in [1.54, 1.807) is 17.8 Å². The number of rotatable bonds is 6. The molecule has 2 rings (SSSR count). The number of anilines is 2. The van der Waals surface area contributed by atoms with Gasteiger partial charge in [0.15, 0.2) is 0 Å². The lowest BCUT2D eigenvalue weighted by Crippen LogP contribution is -2.13. The van der Waals surface area contributed by atoms with E-state index in [-0.39, 0.29) is 11.5 Å². The van der Waals surface area contributed by atoms with E-state index in [9.17, 15) is 9.59 Å². The molecular formula is C17H18N2O3S. The molecule has 0 bridgehead atoms. The molecule has 0 spiro atoms. The number of aryl methyl sites for hydroxylation is 1. The smallest absolute Gasteiger partial charge is 0.335 e. The molecule has 5 nitrogen and oxygen atoms in total. The standard InChI is InChI=1S/C17H18N2O3S/c1-11-2-3-12(17(21)22)10-15(11)19-16(20)8-9-23-14-6-4-13(18)5-7-14/h2-7,10H,8-9,18H2,1H3,(H,19,20)(H,21,22). The van der Waals surface area contributed by atoms with Crippen molar-refractivity contribution in [2.75, 3.05) is 16.8 Å². The molecule has 120 valence electrons. The fraction of sp³-hybridized carbons (Fsp3) is 0.176. The number of hydrogen-bond donors (Lipinski definition) is 3. The molecule has 2 aromatic rings. The normalized spacial score (nSPS) is 10.3. The molecule has 0 aliphatic carbocycles. The summed E-state index contributed by atoms with van der Waals surface area (Å²) < 4.78 is 0. The zero-order valence-corrected chi connectivity index (χ0v) is 13.5. The summed E-state index contributed by atoms with van der Waals surface area (Å²) >= 11 is 1.57. The summed E-state index contributed by atoms with van der Waals surface area (Å²) in [5, 5.41) is 11.8. The Hall–Kier alpha value is -2.47. The van der Waals surface area contributed by atoms with Crippen LogP contribution in [0.3, 0.4) is 0 Å². The summed E-state index contributed by atoms with van der Waals surface area (Å²) in [6, 6.07) is 12.2. The van der Waals surface area contributed by atoms with E-state index in [0.29, 0.717) is 23.5 Å². The van der Waals surface area contributed by atoms with E-state index in [1.807, 2.05) is 31.2 Å². The molecule has 4 N–H and O–H groups in total. The Balaban J connectivity index is 1.88. The lowest BCUT2D eigenvalue weighted by atomic mass is 10.1. The minimum absolute atomic E-state index is 0.140. The Morgan fingerprint density at radius 2 is 1.87 bits per heavy atom. The molecule has 0 unspecified atom stereocenters. The summed E-state index contributed by atoms with van der Waals surface area (Å²) in [6.45, 7) is 1.82. The van der Waals surface area contributed by atoms with Crippen molar-refractivity contribution in [1.29, 1.82) is 0 Å². The number of carboxylic acid groups (broad SMARTS) is 1. The number of nitrogens with two attached hydrogens (primary N) is 1. The number of thioether (sulfide) groups is 1. The topological polar surface area (TPSA) is 92.4 Å². The largest absolute Gasteiger partial charge is 0.478 e. The van der Waals surface area contributed by atoms with Gasteiger partial charge in [0, 0.05) is 28.4 Å². The number of carbonyl (C=O) groups excluding carboxylic acids is 1. The maximum Gasteiger partial charge on any atom is 0.335 e. The van der Waals surface area contributed by atoms with Gasteiger partial charge in [-0.25, -0.2) is 4.79 Å². The summed E-state index contributed by atoms with van der Waals surface area (Å²) in [4.78, 5) is 24.0. The molecule has 0 radical (unpaired) electrons. The van der Waals surface area contributed by atoms with E-state index >= 15 is 0 Å². The molecule has 1 amide bonds. The Kier molecular flexibility index (Phi) is 5.65. The van der Waals surface area contributed by atoms with Gasteiger partial charge in [0.25, 0.3) is 0 Å². The summed E-state index contributed by atoms with van der Waals surface area (Å²) in [7, 11) is 0. The molecule has 0 fully saturated rings. The fourth-order valence-electron chi connectivity index (χ4n) is 1.93. The van der Waals surface area contributed by atoms with Crippen molar-refractivity contribution < 1.29 is 14.7 Å². The zero-order chi connectivity index (χ0) is 16.8. The molecule has 23 heavy (non-hydrogen) atoms. The number of carbonyl (C=O) groups is 2. The molecule has 0 aliphatic rings. The highest BCUT2D eigenvalue weighted by Gasteiger charge is 2.09. The van der Waals surface area contributed by atoms with Gasteiger partial charge >= 0.3 is 5.97 Å². The Morgan fingerprint density at radius 1 is 1.17 bits per heavy atom. The molecule has 0 atom stereocenters. The second-order valence-electron chi connectivity index (χ2n) is 5.05. The quantitative estimate of drug-likeness (QED) is 0.557. The Bertz CT molecular complexity index is 714. The summed E-state index contributed by atoms with van der Waals surface area (Å²) in [5.74, 6) is -0.522. The van der Waals surface area contributed by atoms with E-state index in [0.717, 1.165) is 10.5 Å². The maximum absolute atomic E-state index is 12.0. The number of carboxylic acids is 1. The van der Waals surface area contributed by atoms with Crippen molar-refractivity contribution in [1.82, 2.24) is 0 Å². The van der Waals surface area contributed by atoms with Crippen LogP contribution in [0.2, 0.25) is 0 Å². The number of amides is 1.